The number of aromatic amines is 1. The predicted molar refractivity (Wildman–Crippen MR) is 106 cm³/mol. The van der Waals surface area contributed by atoms with Crippen LogP contribution in [0.25, 0.3) is 0 Å². The Balaban J connectivity index is 1.42. The Morgan fingerprint density at radius 1 is 1.31 bits per heavy atom. The van der Waals surface area contributed by atoms with Gasteiger partial charge in [0.2, 0.25) is 0 Å². The number of rotatable bonds is 5. The molecule has 8 heteroatoms. The van der Waals surface area contributed by atoms with Crippen LogP contribution in [0.4, 0.5) is 0 Å². The lowest BCUT2D eigenvalue weighted by molar-refractivity contribution is -0.0744. The largest absolute Gasteiger partial charge is 0.345 e. The van der Waals surface area contributed by atoms with Crippen LogP contribution in [0.3, 0.4) is 0 Å². The van der Waals surface area contributed by atoms with E-state index >= 15 is 0 Å². The van der Waals surface area contributed by atoms with Gasteiger partial charge in [0.25, 0.3) is 5.91 Å². The molecule has 2 atom stereocenters. The molecule has 0 aromatic carbocycles. The van der Waals surface area contributed by atoms with Gasteiger partial charge in [0.05, 0.1) is 5.54 Å². The Morgan fingerprint density at radius 2 is 2.07 bits per heavy atom. The normalized spacial score (nSPS) is 32.7. The van der Waals surface area contributed by atoms with E-state index in [9.17, 15) is 9.59 Å². The number of nitrogens with zero attached hydrogens (tertiary/aromatic N) is 4. The van der Waals surface area contributed by atoms with Crippen molar-refractivity contribution in [1.29, 1.82) is 0 Å². The Bertz CT molecular complexity index is 965. The summed E-state index contributed by atoms with van der Waals surface area (Å²) in [5.41, 5.74) is 0.205. The van der Waals surface area contributed by atoms with E-state index in [4.69, 9.17) is 0 Å². The average Bonchev–Trinajstić information content (AvgIpc) is 3.14. The molecule has 2 aromatic rings. The highest BCUT2D eigenvalue weighted by Crippen LogP contribution is 2.60. The molecule has 2 heterocycles. The Kier molecular flexibility index (Phi) is 4.15. The first-order valence-corrected chi connectivity index (χ1v) is 10.6. The summed E-state index contributed by atoms with van der Waals surface area (Å²) < 4.78 is 2.03. The van der Waals surface area contributed by atoms with Crippen LogP contribution in [-0.2, 0) is 12.0 Å². The molecule has 6 rings (SSSR count). The van der Waals surface area contributed by atoms with Crippen LogP contribution in [0.2, 0.25) is 0 Å². The molecule has 4 fully saturated rings. The third-order valence-electron chi connectivity index (χ3n) is 6.97. The number of amides is 1. The van der Waals surface area contributed by atoms with Crippen LogP contribution in [0, 0.1) is 17.8 Å². The molecule has 4 saturated carbocycles. The van der Waals surface area contributed by atoms with Gasteiger partial charge in [-0.2, -0.15) is 10.1 Å². The van der Waals surface area contributed by atoms with E-state index in [1.807, 2.05) is 11.0 Å². The second-order valence-corrected chi connectivity index (χ2v) is 9.95. The third-order valence-corrected chi connectivity index (χ3v) is 6.97. The van der Waals surface area contributed by atoms with Crippen molar-refractivity contribution < 1.29 is 4.79 Å². The van der Waals surface area contributed by atoms with Crippen molar-refractivity contribution in [3.8, 4) is 0 Å². The second kappa shape index (κ2) is 6.50. The molecular weight excluding hydrogens is 368 g/mol. The minimum Gasteiger partial charge on any atom is -0.345 e. The van der Waals surface area contributed by atoms with E-state index in [-0.39, 0.29) is 22.7 Å². The highest BCUT2D eigenvalue weighted by atomic mass is 16.2. The molecule has 0 saturated heterocycles. The maximum Gasteiger partial charge on any atom is 0.345 e. The SMILES string of the molecule is CC(C)Cc1cc(C(=O)NC23CC4CC(C2)CC(n2cncn2)(C4)C3)nc(=O)[nH]1. The van der Waals surface area contributed by atoms with Crippen molar-refractivity contribution >= 4 is 5.91 Å². The molecule has 4 bridgehead atoms. The van der Waals surface area contributed by atoms with Crippen LogP contribution >= 0.6 is 0 Å². The molecule has 2 N–H and O–H groups in total. The summed E-state index contributed by atoms with van der Waals surface area (Å²) in [5, 5.41) is 7.78. The van der Waals surface area contributed by atoms with E-state index in [0.29, 0.717) is 24.2 Å². The van der Waals surface area contributed by atoms with Gasteiger partial charge in [0, 0.05) is 11.2 Å². The third kappa shape index (κ3) is 3.28. The fourth-order valence-corrected chi connectivity index (χ4v) is 6.56. The van der Waals surface area contributed by atoms with E-state index in [2.05, 4.69) is 39.2 Å². The standard InChI is InChI=1S/C21H28N6O2/c1-13(2)3-16-5-17(25-19(29)24-16)18(28)26-20-6-14-4-15(7-20)9-21(8-14,10-20)27-12-22-11-23-27/h5,11-15H,3-4,6-10H2,1-2H3,(H,26,28)(H,24,25,29). The molecule has 1 amide bonds. The highest BCUT2D eigenvalue weighted by molar-refractivity contribution is 5.92. The number of carbonyl (C=O) groups excluding carboxylic acids is 1. The first kappa shape index (κ1) is 18.5. The number of aromatic nitrogens is 5. The van der Waals surface area contributed by atoms with E-state index in [1.54, 1.807) is 12.4 Å². The minimum atomic E-state index is -0.460. The zero-order valence-electron chi connectivity index (χ0n) is 17.0. The lowest BCUT2D eigenvalue weighted by atomic mass is 9.50. The molecule has 0 radical (unpaired) electrons. The molecule has 2 unspecified atom stereocenters. The van der Waals surface area contributed by atoms with Crippen molar-refractivity contribution in [1.82, 2.24) is 30.0 Å². The smallest absolute Gasteiger partial charge is 0.345 e. The second-order valence-electron chi connectivity index (χ2n) is 9.95. The summed E-state index contributed by atoms with van der Waals surface area (Å²) in [4.78, 5) is 36.0. The Hall–Kier alpha value is -2.51. The number of hydrogen-bond donors (Lipinski definition) is 2. The van der Waals surface area contributed by atoms with Crippen LogP contribution in [-0.4, -0.2) is 36.2 Å². The van der Waals surface area contributed by atoms with Crippen molar-refractivity contribution in [3.63, 3.8) is 0 Å². The lowest BCUT2D eigenvalue weighted by Crippen LogP contribution is -2.66. The molecule has 2 aromatic heterocycles. The zero-order chi connectivity index (χ0) is 20.2. The van der Waals surface area contributed by atoms with Gasteiger partial charge in [0.15, 0.2) is 0 Å². The molecule has 4 aliphatic rings. The monoisotopic (exact) mass is 396 g/mol. The number of carbonyl (C=O) groups is 1. The van der Waals surface area contributed by atoms with Crippen molar-refractivity contribution in [2.24, 2.45) is 17.8 Å². The maximum absolute atomic E-state index is 13.1. The molecular formula is C21H28N6O2. The molecule has 4 aliphatic carbocycles. The van der Waals surface area contributed by atoms with Gasteiger partial charge in [-0.15, -0.1) is 0 Å². The van der Waals surface area contributed by atoms with Gasteiger partial charge in [-0.25, -0.2) is 14.5 Å². The van der Waals surface area contributed by atoms with Crippen molar-refractivity contribution in [2.45, 2.75) is 69.9 Å². The summed E-state index contributed by atoms with van der Waals surface area (Å²) in [7, 11) is 0. The fraction of sp³-hybridized carbons (Fsp3) is 0.667. The topological polar surface area (TPSA) is 106 Å². The predicted octanol–water partition coefficient (Wildman–Crippen LogP) is 2.04. The van der Waals surface area contributed by atoms with E-state index < -0.39 is 5.69 Å². The quantitative estimate of drug-likeness (QED) is 0.804. The van der Waals surface area contributed by atoms with Crippen LogP contribution in [0.15, 0.2) is 23.5 Å². The summed E-state index contributed by atoms with van der Waals surface area (Å²) in [5.74, 6) is 1.32. The van der Waals surface area contributed by atoms with Crippen LogP contribution in [0.1, 0.15) is 68.6 Å². The molecule has 154 valence electrons. The summed E-state index contributed by atoms with van der Waals surface area (Å²) >= 11 is 0. The van der Waals surface area contributed by atoms with Gasteiger partial charge >= 0.3 is 5.69 Å². The number of H-pyrrole nitrogens is 1. The highest BCUT2D eigenvalue weighted by Gasteiger charge is 2.59. The minimum absolute atomic E-state index is 0.0573. The summed E-state index contributed by atoms with van der Waals surface area (Å²) in [6.45, 7) is 4.16. The zero-order valence-corrected chi connectivity index (χ0v) is 17.0. The first-order valence-electron chi connectivity index (χ1n) is 10.6. The maximum atomic E-state index is 13.1. The Labute approximate surface area is 169 Å². The molecule has 29 heavy (non-hydrogen) atoms. The number of nitrogens with one attached hydrogen (secondary N) is 2. The molecule has 8 nitrogen and oxygen atoms in total. The van der Waals surface area contributed by atoms with E-state index in [0.717, 1.165) is 37.8 Å². The number of hydrogen-bond acceptors (Lipinski definition) is 5. The fourth-order valence-electron chi connectivity index (χ4n) is 6.56. The van der Waals surface area contributed by atoms with Crippen LogP contribution < -0.4 is 11.0 Å². The molecule has 0 aliphatic heterocycles. The summed E-state index contributed by atoms with van der Waals surface area (Å²) in [6.07, 6.45) is 10.4. The van der Waals surface area contributed by atoms with Gasteiger partial charge in [0.1, 0.15) is 18.3 Å². The molecule has 0 spiro atoms. The van der Waals surface area contributed by atoms with Gasteiger partial charge in [-0.05, 0) is 68.8 Å². The van der Waals surface area contributed by atoms with Crippen molar-refractivity contribution in [3.05, 3.63) is 40.6 Å². The van der Waals surface area contributed by atoms with E-state index in [1.165, 1.54) is 6.42 Å². The average molecular weight is 396 g/mol. The van der Waals surface area contributed by atoms with Gasteiger partial charge in [-0.1, -0.05) is 13.8 Å². The first-order chi connectivity index (χ1) is 13.8. The Morgan fingerprint density at radius 3 is 2.72 bits per heavy atom. The van der Waals surface area contributed by atoms with Gasteiger partial charge in [-0.3, -0.25) is 4.79 Å². The van der Waals surface area contributed by atoms with Crippen LogP contribution in [0.5, 0.6) is 0 Å². The summed E-state index contributed by atoms with van der Waals surface area (Å²) in [6, 6.07) is 1.73. The lowest BCUT2D eigenvalue weighted by Gasteiger charge is -2.61. The van der Waals surface area contributed by atoms with Gasteiger partial charge < -0.3 is 10.3 Å². The van der Waals surface area contributed by atoms with Crippen molar-refractivity contribution in [2.75, 3.05) is 0 Å².